The molecule has 19 heavy (non-hydrogen) atoms. The van der Waals surface area contributed by atoms with Crippen molar-refractivity contribution in [3.05, 3.63) is 29.3 Å². The molecular weight excluding hydrogens is 232 g/mol. The molecule has 2 heteroatoms. The summed E-state index contributed by atoms with van der Waals surface area (Å²) in [5.41, 5.74) is 9.90. The van der Waals surface area contributed by atoms with Gasteiger partial charge in [-0.3, -0.25) is 0 Å². The molecule has 0 unspecified atom stereocenters. The molecule has 2 saturated carbocycles. The summed E-state index contributed by atoms with van der Waals surface area (Å²) < 4.78 is 0. The summed E-state index contributed by atoms with van der Waals surface area (Å²) in [5.74, 6) is 1.92. The third kappa shape index (κ3) is 3.50. The van der Waals surface area contributed by atoms with Crippen molar-refractivity contribution in [2.24, 2.45) is 17.6 Å². The standard InChI is InChI=1S/C17H26N2/c1-13-10-17(7-6-16(13)8-9-18)19(11-14-2-3-14)12-15-4-5-15/h6-7,10,14-15H,2-5,8-9,11-12,18H2,1H3. The van der Waals surface area contributed by atoms with Crippen molar-refractivity contribution in [3.63, 3.8) is 0 Å². The molecule has 1 aromatic carbocycles. The van der Waals surface area contributed by atoms with Crippen LogP contribution in [0.5, 0.6) is 0 Å². The smallest absolute Gasteiger partial charge is 0.0369 e. The highest BCUT2D eigenvalue weighted by atomic mass is 15.1. The summed E-state index contributed by atoms with van der Waals surface area (Å²) in [5, 5.41) is 0. The van der Waals surface area contributed by atoms with Crippen molar-refractivity contribution in [2.45, 2.75) is 39.0 Å². The van der Waals surface area contributed by atoms with E-state index in [1.165, 1.54) is 55.6 Å². The first-order chi connectivity index (χ1) is 9.26. The Hall–Kier alpha value is -1.02. The zero-order valence-electron chi connectivity index (χ0n) is 12.1. The van der Waals surface area contributed by atoms with Crippen molar-refractivity contribution in [1.29, 1.82) is 0 Å². The largest absolute Gasteiger partial charge is 0.371 e. The summed E-state index contributed by atoms with van der Waals surface area (Å²) in [6.07, 6.45) is 6.74. The van der Waals surface area contributed by atoms with Gasteiger partial charge in [-0.1, -0.05) is 6.07 Å². The number of hydrogen-bond donors (Lipinski definition) is 1. The third-order valence-electron chi connectivity index (χ3n) is 4.46. The van der Waals surface area contributed by atoms with Crippen molar-refractivity contribution < 1.29 is 0 Å². The van der Waals surface area contributed by atoms with Crippen LogP contribution in [0.3, 0.4) is 0 Å². The molecule has 0 atom stereocenters. The second-order valence-corrected chi connectivity index (χ2v) is 6.44. The molecular formula is C17H26N2. The summed E-state index contributed by atoms with van der Waals surface area (Å²) in [6, 6.07) is 6.96. The van der Waals surface area contributed by atoms with Crippen LogP contribution in [0, 0.1) is 18.8 Å². The Bertz CT molecular complexity index is 419. The molecule has 3 rings (SSSR count). The van der Waals surface area contributed by atoms with E-state index in [1.807, 2.05) is 0 Å². The maximum Gasteiger partial charge on any atom is 0.0369 e. The number of benzene rings is 1. The molecule has 1 aromatic rings. The van der Waals surface area contributed by atoms with Crippen LogP contribution in [-0.2, 0) is 6.42 Å². The minimum Gasteiger partial charge on any atom is -0.371 e. The van der Waals surface area contributed by atoms with Gasteiger partial charge < -0.3 is 10.6 Å². The van der Waals surface area contributed by atoms with Gasteiger partial charge in [0.05, 0.1) is 0 Å². The molecule has 2 fully saturated rings. The highest BCUT2D eigenvalue weighted by Gasteiger charge is 2.29. The maximum absolute atomic E-state index is 5.67. The van der Waals surface area contributed by atoms with Crippen molar-refractivity contribution >= 4 is 5.69 Å². The SMILES string of the molecule is Cc1cc(N(CC2CC2)CC2CC2)ccc1CCN. The second-order valence-electron chi connectivity index (χ2n) is 6.44. The average molecular weight is 258 g/mol. The Morgan fingerprint density at radius 3 is 2.21 bits per heavy atom. The molecule has 0 heterocycles. The van der Waals surface area contributed by atoms with Crippen molar-refractivity contribution in [2.75, 3.05) is 24.5 Å². The molecule has 2 aliphatic carbocycles. The first-order valence-corrected chi connectivity index (χ1v) is 7.81. The van der Waals surface area contributed by atoms with Gasteiger partial charge in [-0.2, -0.15) is 0 Å². The van der Waals surface area contributed by atoms with E-state index in [4.69, 9.17) is 5.73 Å². The Labute approximate surface area is 117 Å². The fourth-order valence-electron chi connectivity index (χ4n) is 2.82. The van der Waals surface area contributed by atoms with E-state index in [9.17, 15) is 0 Å². The van der Waals surface area contributed by atoms with Crippen LogP contribution in [0.15, 0.2) is 18.2 Å². The first-order valence-electron chi connectivity index (χ1n) is 7.81. The maximum atomic E-state index is 5.67. The van der Waals surface area contributed by atoms with Crippen molar-refractivity contribution in [1.82, 2.24) is 0 Å². The molecule has 0 saturated heterocycles. The van der Waals surface area contributed by atoms with Gasteiger partial charge in [-0.05, 0) is 80.7 Å². The monoisotopic (exact) mass is 258 g/mol. The van der Waals surface area contributed by atoms with Crippen LogP contribution in [-0.4, -0.2) is 19.6 Å². The zero-order chi connectivity index (χ0) is 13.2. The van der Waals surface area contributed by atoms with Gasteiger partial charge >= 0.3 is 0 Å². The van der Waals surface area contributed by atoms with Gasteiger partial charge in [0.1, 0.15) is 0 Å². The second kappa shape index (κ2) is 5.54. The van der Waals surface area contributed by atoms with Gasteiger partial charge in [0.15, 0.2) is 0 Å². The predicted octanol–water partition coefficient (Wildman–Crippen LogP) is 3.12. The van der Waals surface area contributed by atoms with Gasteiger partial charge in [0, 0.05) is 18.8 Å². The van der Waals surface area contributed by atoms with Gasteiger partial charge in [0.2, 0.25) is 0 Å². The van der Waals surface area contributed by atoms with E-state index >= 15 is 0 Å². The Morgan fingerprint density at radius 2 is 1.74 bits per heavy atom. The lowest BCUT2D eigenvalue weighted by molar-refractivity contribution is 0.679. The van der Waals surface area contributed by atoms with Gasteiger partial charge in [-0.15, -0.1) is 0 Å². The number of hydrogen-bond acceptors (Lipinski definition) is 2. The Kier molecular flexibility index (Phi) is 3.79. The highest BCUT2D eigenvalue weighted by molar-refractivity contribution is 5.51. The topological polar surface area (TPSA) is 29.3 Å². The molecule has 0 amide bonds. The summed E-state index contributed by atoms with van der Waals surface area (Å²) in [6.45, 7) is 5.51. The summed E-state index contributed by atoms with van der Waals surface area (Å²) >= 11 is 0. The first kappa shape index (κ1) is 13.0. The predicted molar refractivity (Wildman–Crippen MR) is 81.6 cm³/mol. The minimum absolute atomic E-state index is 0.744. The van der Waals surface area contributed by atoms with Crippen LogP contribution in [0.1, 0.15) is 36.8 Å². The van der Waals surface area contributed by atoms with Crippen LogP contribution in [0.4, 0.5) is 5.69 Å². The normalized spacial score (nSPS) is 18.6. The molecule has 2 N–H and O–H groups in total. The van der Waals surface area contributed by atoms with Crippen molar-refractivity contribution in [3.8, 4) is 0 Å². The van der Waals surface area contributed by atoms with Crippen LogP contribution >= 0.6 is 0 Å². The molecule has 0 spiro atoms. The minimum atomic E-state index is 0.744. The van der Waals surface area contributed by atoms with E-state index < -0.39 is 0 Å². The highest BCUT2D eigenvalue weighted by Crippen LogP contribution is 2.36. The van der Waals surface area contributed by atoms with Crippen LogP contribution in [0.25, 0.3) is 0 Å². The lowest BCUT2D eigenvalue weighted by Gasteiger charge is -2.26. The van der Waals surface area contributed by atoms with E-state index in [0.29, 0.717) is 0 Å². The fourth-order valence-corrected chi connectivity index (χ4v) is 2.82. The molecule has 0 radical (unpaired) electrons. The number of anilines is 1. The molecule has 2 nitrogen and oxygen atoms in total. The zero-order valence-corrected chi connectivity index (χ0v) is 12.1. The molecule has 0 bridgehead atoms. The Morgan fingerprint density at radius 1 is 1.11 bits per heavy atom. The molecule has 0 aliphatic heterocycles. The number of nitrogens with two attached hydrogens (primary N) is 1. The molecule has 0 aromatic heterocycles. The summed E-state index contributed by atoms with van der Waals surface area (Å²) in [4.78, 5) is 2.63. The van der Waals surface area contributed by atoms with E-state index in [-0.39, 0.29) is 0 Å². The lowest BCUT2D eigenvalue weighted by atomic mass is 10.0. The van der Waals surface area contributed by atoms with E-state index in [1.54, 1.807) is 0 Å². The average Bonchev–Trinajstić information content (AvgIpc) is 3.26. The van der Waals surface area contributed by atoms with E-state index in [0.717, 1.165) is 24.8 Å². The Balaban J connectivity index is 1.73. The van der Waals surface area contributed by atoms with Gasteiger partial charge in [-0.25, -0.2) is 0 Å². The van der Waals surface area contributed by atoms with Crippen LogP contribution in [0.2, 0.25) is 0 Å². The number of aryl methyl sites for hydroxylation is 1. The lowest BCUT2D eigenvalue weighted by Crippen LogP contribution is -2.28. The van der Waals surface area contributed by atoms with Gasteiger partial charge in [0.25, 0.3) is 0 Å². The number of rotatable bonds is 7. The fraction of sp³-hybridized carbons (Fsp3) is 0.647. The third-order valence-corrected chi connectivity index (χ3v) is 4.46. The molecule has 104 valence electrons. The quantitative estimate of drug-likeness (QED) is 0.814. The number of nitrogens with zero attached hydrogens (tertiary/aromatic N) is 1. The summed E-state index contributed by atoms with van der Waals surface area (Å²) in [7, 11) is 0. The van der Waals surface area contributed by atoms with E-state index in [2.05, 4.69) is 30.0 Å². The molecule has 2 aliphatic rings. The van der Waals surface area contributed by atoms with Crippen LogP contribution < -0.4 is 10.6 Å².